The van der Waals surface area contributed by atoms with Gasteiger partial charge in [-0.15, -0.1) is 0 Å². The number of amides is 1. The number of rotatable bonds is 4. The Labute approximate surface area is 157 Å². The fraction of sp³-hybridized carbons (Fsp3) is 0.591. The molecule has 1 saturated heterocycles. The topological polar surface area (TPSA) is 47.6 Å². The molecule has 4 nitrogen and oxygen atoms in total. The van der Waals surface area contributed by atoms with E-state index in [2.05, 4.69) is 56.4 Å². The molecule has 1 aromatic rings. The van der Waals surface area contributed by atoms with Crippen LogP contribution in [0.4, 0.5) is 4.79 Å². The van der Waals surface area contributed by atoms with Crippen molar-refractivity contribution in [3.63, 3.8) is 0 Å². The van der Waals surface area contributed by atoms with E-state index in [1.165, 1.54) is 11.1 Å². The Bertz CT molecular complexity index is 669. The lowest BCUT2D eigenvalue weighted by atomic mass is 9.56. The summed E-state index contributed by atoms with van der Waals surface area (Å²) in [5.41, 5.74) is 2.42. The molecule has 0 spiro atoms. The van der Waals surface area contributed by atoms with E-state index < -0.39 is 0 Å². The van der Waals surface area contributed by atoms with Crippen LogP contribution in [0.2, 0.25) is 0 Å². The summed E-state index contributed by atoms with van der Waals surface area (Å²) in [7, 11) is 0. The first kappa shape index (κ1) is 19.0. The number of allylic oxidation sites excluding steroid dienone is 1. The van der Waals surface area contributed by atoms with Crippen molar-refractivity contribution < 1.29 is 14.3 Å². The summed E-state index contributed by atoms with van der Waals surface area (Å²) < 4.78 is 12.0. The van der Waals surface area contributed by atoms with E-state index in [9.17, 15) is 4.79 Å². The first-order valence-electron chi connectivity index (χ1n) is 9.63. The van der Waals surface area contributed by atoms with Gasteiger partial charge in [0, 0.05) is 17.4 Å². The van der Waals surface area contributed by atoms with Gasteiger partial charge in [0.15, 0.2) is 0 Å². The molecule has 1 amide bonds. The van der Waals surface area contributed by atoms with Gasteiger partial charge in [0.05, 0.1) is 12.7 Å². The van der Waals surface area contributed by atoms with Crippen LogP contribution < -0.4 is 5.32 Å². The Morgan fingerprint density at radius 3 is 2.65 bits per heavy atom. The Hall–Kier alpha value is -1.81. The number of nitrogens with one attached hydrogen (secondary N) is 1. The highest BCUT2D eigenvalue weighted by atomic mass is 16.6. The molecule has 4 heteroatoms. The molecule has 26 heavy (non-hydrogen) atoms. The first-order chi connectivity index (χ1) is 12.3. The van der Waals surface area contributed by atoms with Crippen LogP contribution in [0.15, 0.2) is 42.0 Å². The van der Waals surface area contributed by atoms with Crippen molar-refractivity contribution in [3.8, 4) is 0 Å². The monoisotopic (exact) mass is 357 g/mol. The molecule has 1 aromatic carbocycles. The number of ether oxygens (including phenoxy) is 2. The summed E-state index contributed by atoms with van der Waals surface area (Å²) in [6, 6.07) is 10.5. The second-order valence-electron chi connectivity index (χ2n) is 8.26. The van der Waals surface area contributed by atoms with Crippen molar-refractivity contribution >= 4 is 6.09 Å². The second-order valence-corrected chi connectivity index (χ2v) is 8.26. The molecular weight excluding hydrogens is 326 g/mol. The normalized spacial score (nSPS) is 33.5. The third-order valence-electron chi connectivity index (χ3n) is 6.26. The lowest BCUT2D eigenvalue weighted by Gasteiger charge is -2.55. The molecule has 142 valence electrons. The van der Waals surface area contributed by atoms with Crippen LogP contribution in [-0.4, -0.2) is 25.3 Å². The van der Waals surface area contributed by atoms with E-state index in [0.717, 1.165) is 0 Å². The van der Waals surface area contributed by atoms with Crippen molar-refractivity contribution in [1.82, 2.24) is 5.32 Å². The highest BCUT2D eigenvalue weighted by Gasteiger charge is 2.54. The summed E-state index contributed by atoms with van der Waals surface area (Å²) in [4.78, 5) is 12.0. The Balaban J connectivity index is 1.84. The van der Waals surface area contributed by atoms with Crippen molar-refractivity contribution in [2.24, 2.45) is 23.2 Å². The van der Waals surface area contributed by atoms with Gasteiger partial charge in [-0.05, 0) is 38.2 Å². The van der Waals surface area contributed by atoms with E-state index in [1.54, 1.807) is 0 Å². The fourth-order valence-corrected chi connectivity index (χ4v) is 4.68. The average molecular weight is 357 g/mol. The smallest absolute Gasteiger partial charge is 0.407 e. The maximum atomic E-state index is 12.0. The van der Waals surface area contributed by atoms with E-state index in [4.69, 9.17) is 9.47 Å². The lowest BCUT2D eigenvalue weighted by molar-refractivity contribution is -0.165. The molecule has 1 aliphatic heterocycles. The van der Waals surface area contributed by atoms with Crippen LogP contribution in [0.1, 0.15) is 46.3 Å². The van der Waals surface area contributed by atoms with Gasteiger partial charge in [-0.2, -0.15) is 0 Å². The predicted molar refractivity (Wildman–Crippen MR) is 103 cm³/mol. The zero-order valence-electron chi connectivity index (χ0n) is 16.5. The van der Waals surface area contributed by atoms with Gasteiger partial charge in [-0.3, -0.25) is 0 Å². The van der Waals surface area contributed by atoms with Crippen LogP contribution in [-0.2, 0) is 9.47 Å². The van der Waals surface area contributed by atoms with Crippen molar-refractivity contribution in [2.45, 2.75) is 46.8 Å². The van der Waals surface area contributed by atoms with E-state index in [0.29, 0.717) is 31.0 Å². The zero-order chi connectivity index (χ0) is 18.9. The molecule has 1 fully saturated rings. The van der Waals surface area contributed by atoms with Crippen LogP contribution >= 0.6 is 0 Å². The average Bonchev–Trinajstić information content (AvgIpc) is 2.59. The molecule has 0 aromatic heterocycles. The number of hydrogen-bond donors (Lipinski definition) is 1. The third kappa shape index (κ3) is 3.39. The fourth-order valence-electron chi connectivity index (χ4n) is 4.68. The molecule has 3 rings (SSSR count). The Morgan fingerprint density at radius 1 is 1.31 bits per heavy atom. The molecule has 5 atom stereocenters. The number of benzene rings is 1. The van der Waals surface area contributed by atoms with E-state index in [1.807, 2.05) is 19.9 Å². The third-order valence-corrected chi connectivity index (χ3v) is 6.26. The molecule has 2 bridgehead atoms. The maximum absolute atomic E-state index is 12.0. The summed E-state index contributed by atoms with van der Waals surface area (Å²) in [6.45, 7) is 11.6. The molecule has 0 unspecified atom stereocenters. The quantitative estimate of drug-likeness (QED) is 0.793. The van der Waals surface area contributed by atoms with Gasteiger partial charge in [0.25, 0.3) is 0 Å². The van der Waals surface area contributed by atoms with Gasteiger partial charge in [0.2, 0.25) is 0 Å². The van der Waals surface area contributed by atoms with Gasteiger partial charge >= 0.3 is 6.09 Å². The molecule has 1 aliphatic carbocycles. The first-order valence-corrected chi connectivity index (χ1v) is 9.63. The van der Waals surface area contributed by atoms with E-state index in [-0.39, 0.29) is 23.7 Å². The van der Waals surface area contributed by atoms with Crippen LogP contribution in [0.25, 0.3) is 0 Å². The van der Waals surface area contributed by atoms with Crippen molar-refractivity contribution in [1.29, 1.82) is 0 Å². The summed E-state index contributed by atoms with van der Waals surface area (Å²) >= 11 is 0. The van der Waals surface area contributed by atoms with Gasteiger partial charge in [-0.25, -0.2) is 4.79 Å². The summed E-state index contributed by atoms with van der Waals surface area (Å²) in [5.74, 6) is 0.977. The van der Waals surface area contributed by atoms with Gasteiger partial charge in [0.1, 0.15) is 6.61 Å². The number of alkyl carbamates (subject to hydrolysis) is 1. The highest BCUT2D eigenvalue weighted by Crippen LogP contribution is 2.56. The minimum Gasteiger partial charge on any atom is -0.449 e. The number of carbonyl (C=O) groups is 1. The maximum Gasteiger partial charge on any atom is 0.407 e. The van der Waals surface area contributed by atoms with Crippen molar-refractivity contribution in [3.05, 3.63) is 47.5 Å². The molecule has 1 heterocycles. The molecule has 1 N–H and O–H groups in total. The van der Waals surface area contributed by atoms with E-state index >= 15 is 0 Å². The summed E-state index contributed by atoms with van der Waals surface area (Å²) in [5, 5.41) is 2.81. The summed E-state index contributed by atoms with van der Waals surface area (Å²) in [6.07, 6.45) is 2.07. The molecule has 0 saturated carbocycles. The standard InChI is InChI=1S/C22H31NO3/c1-14(2)23-21(24)26-13-22-12-25-20(18-9-7-6-8-10-18)19(17(22)5)15(3)11-16(22)4/h6-11,14,16-17,19-20H,12-13H2,1-5H3,(H,23,24)/t16-,17+,19-,20-,22+/m0/s1. The van der Waals surface area contributed by atoms with Crippen LogP contribution in [0.5, 0.6) is 0 Å². The minimum absolute atomic E-state index is 0.0626. The predicted octanol–water partition coefficient (Wildman–Crippen LogP) is 4.73. The number of hydrogen-bond acceptors (Lipinski definition) is 3. The molecular formula is C22H31NO3. The van der Waals surface area contributed by atoms with Crippen LogP contribution in [0.3, 0.4) is 0 Å². The van der Waals surface area contributed by atoms with Crippen LogP contribution in [0, 0.1) is 23.2 Å². The minimum atomic E-state index is -0.346. The van der Waals surface area contributed by atoms with Crippen molar-refractivity contribution in [2.75, 3.05) is 13.2 Å². The highest BCUT2D eigenvalue weighted by molar-refractivity contribution is 5.67. The molecule has 2 aliphatic rings. The largest absolute Gasteiger partial charge is 0.449 e. The Kier molecular flexibility index (Phi) is 5.42. The van der Waals surface area contributed by atoms with Gasteiger partial charge in [-0.1, -0.05) is 55.8 Å². The Morgan fingerprint density at radius 2 is 2.00 bits per heavy atom. The second kappa shape index (κ2) is 7.43. The lowest BCUT2D eigenvalue weighted by Crippen LogP contribution is -2.55. The van der Waals surface area contributed by atoms with Gasteiger partial charge < -0.3 is 14.8 Å². The SMILES string of the molecule is CC1=C[C@H](C)[C@]2(COC(=O)NC(C)C)CO[C@@H](c3ccccc3)[C@@H]1[C@H]2C. The molecule has 0 radical (unpaired) electrons. The number of fused-ring (bicyclic) bond motifs is 2. The number of carbonyl (C=O) groups excluding carboxylic acids is 1. The zero-order valence-corrected chi connectivity index (χ0v) is 16.5.